The normalized spacial score (nSPS) is 19.4. The van der Waals surface area contributed by atoms with Gasteiger partial charge in [-0.15, -0.1) is 0 Å². The molecule has 0 saturated carbocycles. The van der Waals surface area contributed by atoms with Crippen molar-refractivity contribution in [2.75, 3.05) is 34.8 Å². The molecule has 1 atom stereocenters. The van der Waals surface area contributed by atoms with Crippen molar-refractivity contribution in [3.63, 3.8) is 0 Å². The van der Waals surface area contributed by atoms with Gasteiger partial charge in [0.1, 0.15) is 0 Å². The zero-order valence-electron chi connectivity index (χ0n) is 15.3. The Kier molecular flexibility index (Phi) is 5.47. The van der Waals surface area contributed by atoms with Crippen molar-refractivity contribution >= 4 is 52.1 Å². The molecule has 0 radical (unpaired) electrons. The van der Waals surface area contributed by atoms with Crippen LogP contribution >= 0.6 is 23.2 Å². The molecule has 2 amide bonds. The summed E-state index contributed by atoms with van der Waals surface area (Å²) in [4.78, 5) is 28.9. The second kappa shape index (κ2) is 8.02. The number of nitrogens with zero attached hydrogens (tertiary/aromatic N) is 2. The summed E-state index contributed by atoms with van der Waals surface area (Å²) in [5, 5.41) is 4.09. The number of halogens is 2. The maximum Gasteiger partial charge on any atom is 0.229 e. The second-order valence-corrected chi connectivity index (χ2v) is 8.08. The Balaban J connectivity index is 1.42. The zero-order chi connectivity index (χ0) is 19.7. The standard InChI is InChI=1S/C21H21Cl2N3O2/c22-15-4-3-5-17(11-15)26-13-14(10-20(26)27)21(28)24-16-6-7-19(18(23)12-16)25-8-1-2-9-25/h3-7,11-12,14H,1-2,8-10,13H2,(H,24,28). The van der Waals surface area contributed by atoms with Gasteiger partial charge in [0.15, 0.2) is 0 Å². The maximum atomic E-state index is 12.7. The van der Waals surface area contributed by atoms with Gasteiger partial charge >= 0.3 is 0 Å². The summed E-state index contributed by atoms with van der Waals surface area (Å²) in [6, 6.07) is 12.7. The van der Waals surface area contributed by atoms with Gasteiger partial charge in [-0.2, -0.15) is 0 Å². The lowest BCUT2D eigenvalue weighted by Gasteiger charge is -2.20. The lowest BCUT2D eigenvalue weighted by atomic mass is 10.1. The molecule has 0 bridgehead atoms. The first kappa shape index (κ1) is 19.1. The summed E-state index contributed by atoms with van der Waals surface area (Å²) in [5.74, 6) is -0.670. The number of rotatable bonds is 4. The Bertz CT molecular complexity index is 912. The predicted molar refractivity (Wildman–Crippen MR) is 113 cm³/mol. The Hall–Kier alpha value is -2.24. The highest BCUT2D eigenvalue weighted by atomic mass is 35.5. The molecule has 2 aromatic carbocycles. The van der Waals surface area contributed by atoms with E-state index in [0.29, 0.717) is 28.0 Å². The molecule has 7 heteroatoms. The van der Waals surface area contributed by atoms with E-state index in [1.165, 1.54) is 12.8 Å². The van der Waals surface area contributed by atoms with Gasteiger partial charge in [-0.05, 0) is 49.2 Å². The minimum Gasteiger partial charge on any atom is -0.370 e. The van der Waals surface area contributed by atoms with Crippen molar-refractivity contribution in [1.29, 1.82) is 0 Å². The van der Waals surface area contributed by atoms with Crippen LogP contribution in [0.4, 0.5) is 17.1 Å². The highest BCUT2D eigenvalue weighted by Crippen LogP contribution is 2.32. The molecule has 2 saturated heterocycles. The quantitative estimate of drug-likeness (QED) is 0.791. The molecule has 2 heterocycles. The van der Waals surface area contributed by atoms with Crippen LogP contribution < -0.4 is 15.1 Å². The van der Waals surface area contributed by atoms with E-state index < -0.39 is 5.92 Å². The van der Waals surface area contributed by atoms with E-state index in [4.69, 9.17) is 23.2 Å². The predicted octanol–water partition coefficient (Wildman–Crippen LogP) is 4.59. The molecule has 0 aromatic heterocycles. The summed E-state index contributed by atoms with van der Waals surface area (Å²) in [7, 11) is 0. The third kappa shape index (κ3) is 3.96. The van der Waals surface area contributed by atoms with Gasteiger partial charge in [0.2, 0.25) is 11.8 Å². The molecule has 28 heavy (non-hydrogen) atoms. The van der Waals surface area contributed by atoms with Gasteiger partial charge in [0.25, 0.3) is 0 Å². The summed E-state index contributed by atoms with van der Waals surface area (Å²) in [6.07, 6.45) is 2.53. The molecule has 2 aliphatic rings. The van der Waals surface area contributed by atoms with Gasteiger partial charge < -0.3 is 15.1 Å². The number of carbonyl (C=O) groups excluding carboxylic acids is 2. The van der Waals surface area contributed by atoms with E-state index in [9.17, 15) is 9.59 Å². The van der Waals surface area contributed by atoms with Crippen LogP contribution in [0.3, 0.4) is 0 Å². The van der Waals surface area contributed by atoms with Crippen molar-refractivity contribution < 1.29 is 9.59 Å². The summed E-state index contributed by atoms with van der Waals surface area (Å²) in [5.41, 5.74) is 2.36. The molecule has 1 unspecified atom stereocenters. The Morgan fingerprint density at radius 3 is 2.57 bits per heavy atom. The highest BCUT2D eigenvalue weighted by Gasteiger charge is 2.35. The van der Waals surface area contributed by atoms with Crippen molar-refractivity contribution in [2.24, 2.45) is 5.92 Å². The van der Waals surface area contributed by atoms with Crippen LogP contribution in [0, 0.1) is 5.92 Å². The summed E-state index contributed by atoms with van der Waals surface area (Å²) < 4.78 is 0. The Labute approximate surface area is 174 Å². The molecule has 2 aromatic rings. The minimum atomic E-state index is -0.413. The number of hydrogen-bond acceptors (Lipinski definition) is 3. The third-order valence-corrected chi connectivity index (χ3v) is 5.82. The van der Waals surface area contributed by atoms with E-state index >= 15 is 0 Å². The number of hydrogen-bond donors (Lipinski definition) is 1. The van der Waals surface area contributed by atoms with E-state index in [1.807, 2.05) is 18.2 Å². The first-order valence-electron chi connectivity index (χ1n) is 9.42. The van der Waals surface area contributed by atoms with Crippen LogP contribution in [0.25, 0.3) is 0 Å². The lowest BCUT2D eigenvalue weighted by molar-refractivity contribution is -0.122. The van der Waals surface area contributed by atoms with E-state index in [0.717, 1.165) is 18.8 Å². The van der Waals surface area contributed by atoms with E-state index in [2.05, 4.69) is 10.2 Å². The molecule has 1 N–H and O–H groups in total. The monoisotopic (exact) mass is 417 g/mol. The molecule has 2 aliphatic heterocycles. The van der Waals surface area contributed by atoms with Crippen molar-refractivity contribution in [2.45, 2.75) is 19.3 Å². The van der Waals surface area contributed by atoms with Crippen molar-refractivity contribution in [1.82, 2.24) is 0 Å². The molecule has 5 nitrogen and oxygen atoms in total. The lowest BCUT2D eigenvalue weighted by Crippen LogP contribution is -2.28. The average molecular weight is 418 g/mol. The number of carbonyl (C=O) groups is 2. The van der Waals surface area contributed by atoms with Crippen LogP contribution in [0.5, 0.6) is 0 Å². The fourth-order valence-corrected chi connectivity index (χ4v) is 4.30. The maximum absolute atomic E-state index is 12.7. The van der Waals surface area contributed by atoms with Crippen LogP contribution in [0.2, 0.25) is 10.0 Å². The topological polar surface area (TPSA) is 52.7 Å². The van der Waals surface area contributed by atoms with Crippen molar-refractivity contribution in [3.05, 3.63) is 52.5 Å². The fraction of sp³-hybridized carbons (Fsp3) is 0.333. The number of nitrogens with one attached hydrogen (secondary N) is 1. The van der Waals surface area contributed by atoms with Gasteiger partial charge in [-0.25, -0.2) is 0 Å². The Morgan fingerprint density at radius 2 is 1.86 bits per heavy atom. The highest BCUT2D eigenvalue weighted by molar-refractivity contribution is 6.33. The van der Waals surface area contributed by atoms with Crippen molar-refractivity contribution in [3.8, 4) is 0 Å². The van der Waals surface area contributed by atoms with Gasteiger partial charge in [-0.1, -0.05) is 29.3 Å². The zero-order valence-corrected chi connectivity index (χ0v) is 16.8. The molecular formula is C21H21Cl2N3O2. The van der Waals surface area contributed by atoms with Gasteiger partial charge in [-0.3, -0.25) is 9.59 Å². The van der Waals surface area contributed by atoms with Gasteiger partial charge in [0, 0.05) is 42.5 Å². The van der Waals surface area contributed by atoms with Crippen LogP contribution in [0.1, 0.15) is 19.3 Å². The largest absolute Gasteiger partial charge is 0.370 e. The van der Waals surface area contributed by atoms with E-state index in [-0.39, 0.29) is 18.2 Å². The minimum absolute atomic E-state index is 0.0789. The summed E-state index contributed by atoms with van der Waals surface area (Å²) in [6.45, 7) is 2.36. The SMILES string of the molecule is O=C(Nc1ccc(N2CCCC2)c(Cl)c1)C1CC(=O)N(c2cccc(Cl)c2)C1. The Morgan fingerprint density at radius 1 is 1.07 bits per heavy atom. The first-order valence-corrected chi connectivity index (χ1v) is 10.2. The first-order chi connectivity index (χ1) is 13.5. The molecular weight excluding hydrogens is 397 g/mol. The summed E-state index contributed by atoms with van der Waals surface area (Å²) >= 11 is 12.4. The molecule has 0 spiro atoms. The smallest absolute Gasteiger partial charge is 0.229 e. The third-order valence-electron chi connectivity index (χ3n) is 5.28. The van der Waals surface area contributed by atoms with Gasteiger partial charge in [0.05, 0.1) is 16.6 Å². The number of benzene rings is 2. The second-order valence-electron chi connectivity index (χ2n) is 7.23. The fourth-order valence-electron chi connectivity index (χ4n) is 3.82. The van der Waals surface area contributed by atoms with E-state index in [1.54, 1.807) is 29.2 Å². The molecule has 2 fully saturated rings. The van der Waals surface area contributed by atoms with Crippen LogP contribution in [-0.2, 0) is 9.59 Å². The number of anilines is 3. The van der Waals surface area contributed by atoms with Crippen LogP contribution in [0.15, 0.2) is 42.5 Å². The molecule has 4 rings (SSSR count). The van der Waals surface area contributed by atoms with Crippen LogP contribution in [-0.4, -0.2) is 31.4 Å². The number of amides is 2. The molecule has 146 valence electrons. The average Bonchev–Trinajstić information content (AvgIpc) is 3.32. The molecule has 0 aliphatic carbocycles.